The zero-order chi connectivity index (χ0) is 18.6. The Morgan fingerprint density at radius 2 is 1.93 bits per heavy atom. The molecule has 7 nitrogen and oxygen atoms in total. The molecule has 1 aromatic carbocycles. The summed E-state index contributed by atoms with van der Waals surface area (Å²) >= 11 is 0. The fourth-order valence-corrected chi connectivity index (χ4v) is 4.14. The number of benzene rings is 1. The van der Waals surface area contributed by atoms with Gasteiger partial charge in [0.2, 0.25) is 11.8 Å². The van der Waals surface area contributed by atoms with E-state index in [1.165, 1.54) is 5.56 Å². The monoisotopic (exact) mass is 372 g/mol. The molecule has 27 heavy (non-hydrogen) atoms. The van der Waals surface area contributed by atoms with Crippen molar-refractivity contribution in [2.45, 2.75) is 18.9 Å². The number of aryl methyl sites for hydroxylation is 1. The van der Waals surface area contributed by atoms with Crippen molar-refractivity contribution in [2.24, 2.45) is 0 Å². The van der Waals surface area contributed by atoms with Crippen molar-refractivity contribution >= 4 is 17.5 Å². The second-order valence-electron chi connectivity index (χ2n) is 7.46. The normalized spacial score (nSPS) is 23.8. The number of anilines is 1. The Kier molecular flexibility index (Phi) is 5.71. The molecular weight excluding hydrogens is 344 g/mol. The summed E-state index contributed by atoms with van der Waals surface area (Å²) in [5, 5.41) is 3.22. The largest absolute Gasteiger partial charge is 0.378 e. The first-order valence-corrected chi connectivity index (χ1v) is 9.93. The van der Waals surface area contributed by atoms with Gasteiger partial charge in [0, 0.05) is 45.0 Å². The van der Waals surface area contributed by atoms with Gasteiger partial charge in [-0.2, -0.15) is 0 Å². The lowest BCUT2D eigenvalue weighted by molar-refractivity contribution is -0.138. The third kappa shape index (κ3) is 4.15. The summed E-state index contributed by atoms with van der Waals surface area (Å²) in [6, 6.07) is 7.97. The van der Waals surface area contributed by atoms with E-state index in [1.807, 2.05) is 28.0 Å². The molecule has 0 aliphatic carbocycles. The highest BCUT2D eigenvalue weighted by atomic mass is 16.5. The van der Waals surface area contributed by atoms with Crippen LogP contribution in [0.15, 0.2) is 24.3 Å². The molecule has 2 fully saturated rings. The van der Waals surface area contributed by atoms with Crippen LogP contribution in [0, 0.1) is 0 Å². The van der Waals surface area contributed by atoms with Gasteiger partial charge in [-0.25, -0.2) is 0 Å². The van der Waals surface area contributed by atoms with Gasteiger partial charge in [0.05, 0.1) is 19.8 Å². The zero-order valence-corrected chi connectivity index (χ0v) is 15.7. The van der Waals surface area contributed by atoms with E-state index in [4.69, 9.17) is 4.74 Å². The minimum Gasteiger partial charge on any atom is -0.378 e. The van der Waals surface area contributed by atoms with Crippen molar-refractivity contribution in [1.29, 1.82) is 0 Å². The summed E-state index contributed by atoms with van der Waals surface area (Å²) in [5.41, 5.74) is 2.32. The number of ether oxygens (including phenoxy) is 1. The Labute approximate surface area is 160 Å². The zero-order valence-electron chi connectivity index (χ0n) is 15.7. The van der Waals surface area contributed by atoms with Crippen LogP contribution in [0.5, 0.6) is 0 Å². The molecule has 0 aromatic heterocycles. The summed E-state index contributed by atoms with van der Waals surface area (Å²) < 4.78 is 5.39. The first kappa shape index (κ1) is 18.4. The Morgan fingerprint density at radius 1 is 1.11 bits per heavy atom. The van der Waals surface area contributed by atoms with Gasteiger partial charge in [0.15, 0.2) is 0 Å². The van der Waals surface area contributed by atoms with Gasteiger partial charge in [-0.3, -0.25) is 14.5 Å². The van der Waals surface area contributed by atoms with Crippen molar-refractivity contribution in [3.8, 4) is 0 Å². The maximum absolute atomic E-state index is 12.9. The highest BCUT2D eigenvalue weighted by Gasteiger charge is 2.30. The highest BCUT2D eigenvalue weighted by molar-refractivity contribution is 5.96. The molecule has 1 aromatic rings. The van der Waals surface area contributed by atoms with E-state index in [1.54, 1.807) is 0 Å². The van der Waals surface area contributed by atoms with Gasteiger partial charge in [0.25, 0.3) is 0 Å². The maximum atomic E-state index is 12.9. The minimum atomic E-state index is -0.225. The third-order valence-corrected chi connectivity index (χ3v) is 5.67. The fraction of sp³-hybridized carbons (Fsp3) is 0.600. The number of hydrogen-bond acceptors (Lipinski definition) is 5. The van der Waals surface area contributed by atoms with Crippen LogP contribution in [0.3, 0.4) is 0 Å². The average Bonchev–Trinajstić information content (AvgIpc) is 2.74. The number of rotatable bonds is 3. The maximum Gasteiger partial charge on any atom is 0.242 e. The third-order valence-electron chi connectivity index (χ3n) is 5.67. The average molecular weight is 372 g/mol. The van der Waals surface area contributed by atoms with Crippen LogP contribution >= 0.6 is 0 Å². The molecule has 3 aliphatic rings. The molecule has 3 heterocycles. The quantitative estimate of drug-likeness (QED) is 0.815. The van der Waals surface area contributed by atoms with Gasteiger partial charge in [-0.05, 0) is 24.5 Å². The van der Waals surface area contributed by atoms with E-state index in [-0.39, 0.29) is 17.9 Å². The first-order valence-electron chi connectivity index (χ1n) is 9.93. The molecule has 0 bridgehead atoms. The van der Waals surface area contributed by atoms with Crippen LogP contribution in [0.25, 0.3) is 0 Å². The summed E-state index contributed by atoms with van der Waals surface area (Å²) in [5.74, 6) is 0.273. The standard InChI is InChI=1S/C20H28N4O3/c25-19(24-8-3-5-16-4-1-2-6-18(16)24)14-22-9-11-23(12-10-22)20(26)17-15-27-13-7-21-17/h1-2,4,6,17,21H,3,5,7-15H2. The topological polar surface area (TPSA) is 65.1 Å². The number of carbonyl (C=O) groups is 2. The molecule has 2 amide bonds. The summed E-state index contributed by atoms with van der Waals surface area (Å²) in [4.78, 5) is 31.4. The Bertz CT molecular complexity index is 682. The van der Waals surface area contributed by atoms with Crippen LogP contribution in [0.1, 0.15) is 12.0 Å². The molecular formula is C20H28N4O3. The number of piperazine rings is 1. The van der Waals surface area contributed by atoms with Crippen LogP contribution in [0.2, 0.25) is 0 Å². The van der Waals surface area contributed by atoms with E-state index in [2.05, 4.69) is 16.3 Å². The Balaban J connectivity index is 1.29. The van der Waals surface area contributed by atoms with Crippen LogP contribution in [0.4, 0.5) is 5.69 Å². The van der Waals surface area contributed by atoms with Crippen molar-refractivity contribution < 1.29 is 14.3 Å². The summed E-state index contributed by atoms with van der Waals surface area (Å²) in [6.07, 6.45) is 2.06. The number of nitrogens with one attached hydrogen (secondary N) is 1. The minimum absolute atomic E-state index is 0.116. The number of morpholine rings is 1. The van der Waals surface area contributed by atoms with Crippen LogP contribution in [-0.2, 0) is 20.7 Å². The number of amides is 2. The molecule has 7 heteroatoms. The van der Waals surface area contributed by atoms with E-state index in [9.17, 15) is 9.59 Å². The molecule has 3 aliphatic heterocycles. The lowest BCUT2D eigenvalue weighted by Crippen LogP contribution is -2.58. The molecule has 2 saturated heterocycles. The van der Waals surface area contributed by atoms with Gasteiger partial charge >= 0.3 is 0 Å². The highest BCUT2D eigenvalue weighted by Crippen LogP contribution is 2.26. The molecule has 0 radical (unpaired) electrons. The lowest BCUT2D eigenvalue weighted by Gasteiger charge is -2.38. The van der Waals surface area contributed by atoms with Gasteiger partial charge in [-0.15, -0.1) is 0 Å². The molecule has 146 valence electrons. The van der Waals surface area contributed by atoms with E-state index in [0.29, 0.717) is 32.8 Å². The molecule has 4 rings (SSSR count). The van der Waals surface area contributed by atoms with Crippen LogP contribution < -0.4 is 10.2 Å². The second-order valence-corrected chi connectivity index (χ2v) is 7.46. The molecule has 0 spiro atoms. The van der Waals surface area contributed by atoms with Gasteiger partial charge in [0.1, 0.15) is 6.04 Å². The summed E-state index contributed by atoms with van der Waals surface area (Å²) in [6.45, 7) is 5.86. The van der Waals surface area contributed by atoms with Crippen molar-refractivity contribution in [1.82, 2.24) is 15.1 Å². The predicted molar refractivity (Wildman–Crippen MR) is 103 cm³/mol. The van der Waals surface area contributed by atoms with E-state index in [0.717, 1.165) is 44.7 Å². The van der Waals surface area contributed by atoms with Crippen molar-refractivity contribution in [3.05, 3.63) is 29.8 Å². The Morgan fingerprint density at radius 3 is 2.70 bits per heavy atom. The van der Waals surface area contributed by atoms with Gasteiger partial charge in [-0.1, -0.05) is 18.2 Å². The second kappa shape index (κ2) is 8.37. The number of fused-ring (bicyclic) bond motifs is 1. The van der Waals surface area contributed by atoms with E-state index < -0.39 is 0 Å². The first-order chi connectivity index (χ1) is 13.2. The number of para-hydroxylation sites is 1. The van der Waals surface area contributed by atoms with Crippen LogP contribution in [-0.4, -0.2) is 86.7 Å². The van der Waals surface area contributed by atoms with Crippen molar-refractivity contribution in [3.63, 3.8) is 0 Å². The number of hydrogen-bond donors (Lipinski definition) is 1. The molecule has 0 saturated carbocycles. The lowest BCUT2D eigenvalue weighted by atomic mass is 10.0. The Hall–Kier alpha value is -1.96. The van der Waals surface area contributed by atoms with Gasteiger partial charge < -0.3 is 19.9 Å². The summed E-state index contributed by atoms with van der Waals surface area (Å²) in [7, 11) is 0. The fourth-order valence-electron chi connectivity index (χ4n) is 4.14. The van der Waals surface area contributed by atoms with Crippen molar-refractivity contribution in [2.75, 3.05) is 63.9 Å². The number of carbonyl (C=O) groups excluding carboxylic acids is 2. The SMILES string of the molecule is O=C(C1COCCN1)N1CCN(CC(=O)N2CCCc3ccccc32)CC1. The predicted octanol–water partition coefficient (Wildman–Crippen LogP) is 0.0984. The molecule has 1 unspecified atom stereocenters. The smallest absolute Gasteiger partial charge is 0.242 e. The number of nitrogens with zero attached hydrogens (tertiary/aromatic N) is 3. The molecule has 1 atom stereocenters. The van der Waals surface area contributed by atoms with E-state index >= 15 is 0 Å². The molecule has 1 N–H and O–H groups in total.